The van der Waals surface area contributed by atoms with Crippen LogP contribution in [0.1, 0.15) is 49.7 Å². The third-order valence-electron chi connectivity index (χ3n) is 5.55. The summed E-state index contributed by atoms with van der Waals surface area (Å²) >= 11 is 0. The summed E-state index contributed by atoms with van der Waals surface area (Å²) in [5, 5.41) is 3.57. The van der Waals surface area contributed by atoms with Crippen LogP contribution in [0.5, 0.6) is 0 Å². The molecule has 1 fully saturated rings. The molecule has 1 aliphatic carbocycles. The number of hydrogen-bond donors (Lipinski definition) is 1. The van der Waals surface area contributed by atoms with Gasteiger partial charge in [-0.3, -0.25) is 0 Å². The van der Waals surface area contributed by atoms with Crippen LogP contribution < -0.4 is 10.2 Å². The molecule has 102 valence electrons. The van der Waals surface area contributed by atoms with Crippen LogP contribution >= 0.6 is 0 Å². The summed E-state index contributed by atoms with van der Waals surface area (Å²) in [6, 6.07) is 7.05. The molecule has 0 radical (unpaired) electrons. The Morgan fingerprint density at radius 2 is 1.89 bits per heavy atom. The van der Waals surface area contributed by atoms with Crippen molar-refractivity contribution < 1.29 is 0 Å². The summed E-state index contributed by atoms with van der Waals surface area (Å²) in [6.45, 7) is 4.63. The zero-order valence-corrected chi connectivity index (χ0v) is 11.8. The van der Waals surface area contributed by atoms with Crippen molar-refractivity contribution in [2.75, 3.05) is 24.5 Å². The Morgan fingerprint density at radius 3 is 2.79 bits per heavy atom. The molecular weight excluding hydrogens is 232 g/mol. The van der Waals surface area contributed by atoms with Crippen molar-refractivity contribution in [2.45, 2.75) is 50.5 Å². The van der Waals surface area contributed by atoms with Gasteiger partial charge in [0.1, 0.15) is 0 Å². The second kappa shape index (κ2) is 4.52. The maximum atomic E-state index is 3.57. The van der Waals surface area contributed by atoms with Crippen LogP contribution in [0.3, 0.4) is 0 Å². The highest BCUT2D eigenvalue weighted by molar-refractivity contribution is 5.65. The van der Waals surface area contributed by atoms with E-state index in [1.165, 1.54) is 57.2 Å². The molecule has 2 heteroatoms. The topological polar surface area (TPSA) is 15.3 Å². The van der Waals surface area contributed by atoms with Crippen molar-refractivity contribution in [2.24, 2.45) is 0 Å². The highest BCUT2D eigenvalue weighted by Gasteiger charge is 2.40. The predicted octanol–water partition coefficient (Wildman–Crippen LogP) is 3.20. The summed E-state index contributed by atoms with van der Waals surface area (Å²) in [5.74, 6) is 0. The van der Waals surface area contributed by atoms with Gasteiger partial charge >= 0.3 is 0 Å². The molecule has 19 heavy (non-hydrogen) atoms. The van der Waals surface area contributed by atoms with Gasteiger partial charge < -0.3 is 10.2 Å². The third-order valence-corrected chi connectivity index (χ3v) is 5.55. The van der Waals surface area contributed by atoms with Gasteiger partial charge in [0.05, 0.1) is 0 Å². The van der Waals surface area contributed by atoms with E-state index in [0.717, 1.165) is 13.1 Å². The van der Waals surface area contributed by atoms with Gasteiger partial charge in [-0.1, -0.05) is 37.5 Å². The third kappa shape index (κ3) is 1.80. The number of anilines is 1. The van der Waals surface area contributed by atoms with Crippen molar-refractivity contribution in [3.8, 4) is 0 Å². The van der Waals surface area contributed by atoms with Crippen LogP contribution in [0, 0.1) is 0 Å². The molecule has 2 nitrogen and oxygen atoms in total. The van der Waals surface area contributed by atoms with Gasteiger partial charge in [0, 0.05) is 31.9 Å². The highest BCUT2D eigenvalue weighted by atomic mass is 15.2. The zero-order chi connectivity index (χ0) is 12.7. The number of para-hydroxylation sites is 1. The van der Waals surface area contributed by atoms with E-state index >= 15 is 0 Å². The Balaban J connectivity index is 1.85. The first-order valence-electron chi connectivity index (χ1n) is 7.97. The second-order valence-corrected chi connectivity index (χ2v) is 6.57. The lowest BCUT2D eigenvalue weighted by molar-refractivity contribution is 0.267. The summed E-state index contributed by atoms with van der Waals surface area (Å²) in [7, 11) is 0. The van der Waals surface area contributed by atoms with E-state index in [4.69, 9.17) is 0 Å². The molecule has 1 saturated carbocycles. The first kappa shape index (κ1) is 11.8. The minimum atomic E-state index is 0.518. The van der Waals surface area contributed by atoms with E-state index in [0.29, 0.717) is 5.41 Å². The van der Waals surface area contributed by atoms with Crippen LogP contribution in [0.25, 0.3) is 0 Å². The minimum Gasteiger partial charge on any atom is -0.370 e. The van der Waals surface area contributed by atoms with E-state index in [2.05, 4.69) is 28.4 Å². The fourth-order valence-electron chi connectivity index (χ4n) is 4.54. The predicted molar refractivity (Wildman–Crippen MR) is 79.7 cm³/mol. The van der Waals surface area contributed by atoms with Crippen LogP contribution in [0.4, 0.5) is 5.69 Å². The summed E-state index contributed by atoms with van der Waals surface area (Å²) in [5.41, 5.74) is 5.32. The maximum absolute atomic E-state index is 3.57. The average Bonchev–Trinajstić information content (AvgIpc) is 2.68. The van der Waals surface area contributed by atoms with Crippen LogP contribution in [-0.2, 0) is 12.0 Å². The van der Waals surface area contributed by atoms with Gasteiger partial charge in [0.25, 0.3) is 0 Å². The number of rotatable bonds is 0. The first-order chi connectivity index (χ1) is 9.39. The number of nitrogens with zero attached hydrogens (tertiary/aromatic N) is 1. The molecule has 1 spiro atoms. The Hall–Kier alpha value is -1.02. The molecule has 0 aromatic heterocycles. The quantitative estimate of drug-likeness (QED) is 0.767. The van der Waals surface area contributed by atoms with E-state index < -0.39 is 0 Å². The van der Waals surface area contributed by atoms with Crippen molar-refractivity contribution >= 4 is 5.69 Å². The van der Waals surface area contributed by atoms with Crippen molar-refractivity contribution in [3.63, 3.8) is 0 Å². The fourth-order valence-corrected chi connectivity index (χ4v) is 4.54. The van der Waals surface area contributed by atoms with E-state index in [1.54, 1.807) is 11.3 Å². The van der Waals surface area contributed by atoms with Gasteiger partial charge in [-0.15, -0.1) is 0 Å². The molecular formula is C17H24N2. The summed E-state index contributed by atoms with van der Waals surface area (Å²) in [4.78, 5) is 2.64. The van der Waals surface area contributed by atoms with E-state index in [1.807, 2.05) is 0 Å². The van der Waals surface area contributed by atoms with Gasteiger partial charge in [0.15, 0.2) is 0 Å². The highest BCUT2D eigenvalue weighted by Crippen LogP contribution is 2.49. The van der Waals surface area contributed by atoms with Crippen molar-refractivity contribution in [3.05, 3.63) is 29.3 Å². The normalized spacial score (nSPS) is 24.9. The lowest BCUT2D eigenvalue weighted by Crippen LogP contribution is -2.42. The van der Waals surface area contributed by atoms with E-state index in [9.17, 15) is 0 Å². The Morgan fingerprint density at radius 1 is 1.00 bits per heavy atom. The molecule has 3 aliphatic rings. The lowest BCUT2D eigenvalue weighted by Gasteiger charge is -2.46. The van der Waals surface area contributed by atoms with Crippen LogP contribution in [-0.4, -0.2) is 19.6 Å². The fraction of sp³-hybridized carbons (Fsp3) is 0.647. The molecule has 2 heterocycles. The molecule has 0 atom stereocenters. The molecule has 1 N–H and O–H groups in total. The monoisotopic (exact) mass is 256 g/mol. The Kier molecular flexibility index (Phi) is 2.80. The molecule has 0 bridgehead atoms. The van der Waals surface area contributed by atoms with Crippen LogP contribution in [0.2, 0.25) is 0 Å². The Bertz CT molecular complexity index is 474. The molecule has 0 unspecified atom stereocenters. The molecule has 4 rings (SSSR count). The first-order valence-corrected chi connectivity index (χ1v) is 7.97. The van der Waals surface area contributed by atoms with Gasteiger partial charge in [-0.2, -0.15) is 0 Å². The standard InChI is InChI=1S/C17H24N2/c1-2-7-17(8-3-1)9-11-19-12-10-18-13-14-5-4-6-15(17)16(14)19/h4-6,18H,1-3,7-13H2. The molecule has 2 aliphatic heterocycles. The number of hydrogen-bond acceptors (Lipinski definition) is 2. The minimum absolute atomic E-state index is 0.518. The van der Waals surface area contributed by atoms with Gasteiger partial charge in [-0.05, 0) is 35.8 Å². The van der Waals surface area contributed by atoms with Crippen molar-refractivity contribution in [1.29, 1.82) is 0 Å². The molecule has 0 saturated heterocycles. The SMILES string of the molecule is c1cc2c3c(c1)C1(CCCCC1)CCN3CCNC2. The van der Waals surface area contributed by atoms with Gasteiger partial charge in [-0.25, -0.2) is 0 Å². The Labute approximate surface area is 116 Å². The maximum Gasteiger partial charge on any atom is 0.0450 e. The van der Waals surface area contributed by atoms with E-state index in [-0.39, 0.29) is 0 Å². The number of nitrogens with one attached hydrogen (secondary N) is 1. The molecule has 0 amide bonds. The zero-order valence-electron chi connectivity index (χ0n) is 11.8. The van der Waals surface area contributed by atoms with Crippen molar-refractivity contribution in [1.82, 2.24) is 5.32 Å². The van der Waals surface area contributed by atoms with Gasteiger partial charge in [0.2, 0.25) is 0 Å². The summed E-state index contributed by atoms with van der Waals surface area (Å²) < 4.78 is 0. The van der Waals surface area contributed by atoms with Crippen LogP contribution in [0.15, 0.2) is 18.2 Å². The second-order valence-electron chi connectivity index (χ2n) is 6.57. The smallest absolute Gasteiger partial charge is 0.0450 e. The number of fused-ring (bicyclic) bond motifs is 1. The largest absolute Gasteiger partial charge is 0.370 e. The number of benzene rings is 1. The summed E-state index contributed by atoms with van der Waals surface area (Å²) in [6.07, 6.45) is 8.53. The average molecular weight is 256 g/mol. The molecule has 1 aromatic carbocycles. The molecule has 1 aromatic rings. The lowest BCUT2D eigenvalue weighted by atomic mass is 9.65.